The van der Waals surface area contributed by atoms with Crippen molar-refractivity contribution in [3.05, 3.63) is 60.2 Å². The molecule has 1 spiro atoms. The zero-order chi connectivity index (χ0) is 30.0. The molecule has 0 aromatic heterocycles. The van der Waals surface area contributed by atoms with Crippen LogP contribution < -0.4 is 15.4 Å². The van der Waals surface area contributed by atoms with Gasteiger partial charge in [-0.25, -0.2) is 0 Å². The first-order valence-corrected chi connectivity index (χ1v) is 16.7. The molecule has 3 fully saturated rings. The largest absolute Gasteiger partial charge is 0.494 e. The van der Waals surface area contributed by atoms with Crippen LogP contribution in [-0.2, 0) is 20.8 Å². The number of rotatable bonds is 12. The molecule has 3 aliphatic heterocycles. The standard InChI is InChI=1S/C32H40BrN3O5S/c1-4-9-19(3)34-30(39)28-32-17-24(33)27(42-32)25(29(38)35-21-12-14-23(15-13-21)41-5-2)26(32)31(40)36(28)22(18-37)16-20-10-7-6-8-11-20/h6-8,10-15,19,22,24-28,37H,4-5,9,16-18H2,1-3H3,(H,34,39)(H,35,38)/t19?,22-,24?,25+,26+,27+,28?,32?/m1/s1. The number of hydrogen-bond acceptors (Lipinski definition) is 6. The summed E-state index contributed by atoms with van der Waals surface area (Å²) < 4.78 is 4.74. The van der Waals surface area contributed by atoms with Crippen molar-refractivity contribution < 1.29 is 24.2 Å². The Bertz CT molecular complexity index is 1280. The molecule has 3 amide bonds. The number of nitrogens with one attached hydrogen (secondary N) is 2. The number of alkyl halides is 1. The number of nitrogens with zero attached hydrogens (tertiary/aromatic N) is 1. The molecule has 2 bridgehead atoms. The monoisotopic (exact) mass is 657 g/mol. The van der Waals surface area contributed by atoms with Crippen LogP contribution in [-0.4, -0.2) is 73.9 Å². The fourth-order valence-electron chi connectivity index (χ4n) is 7.05. The maximum Gasteiger partial charge on any atom is 0.244 e. The molecular formula is C32H40BrN3O5S. The lowest BCUT2D eigenvalue weighted by Crippen LogP contribution is -2.58. The summed E-state index contributed by atoms with van der Waals surface area (Å²) in [6, 6.07) is 15.4. The first-order valence-electron chi connectivity index (χ1n) is 14.9. The van der Waals surface area contributed by atoms with Crippen LogP contribution in [0, 0.1) is 11.8 Å². The van der Waals surface area contributed by atoms with Gasteiger partial charge in [-0.15, -0.1) is 11.8 Å². The van der Waals surface area contributed by atoms with E-state index in [4.69, 9.17) is 4.74 Å². The molecule has 8 nitrogen and oxygen atoms in total. The van der Waals surface area contributed by atoms with Gasteiger partial charge in [0.2, 0.25) is 17.7 Å². The zero-order valence-electron chi connectivity index (χ0n) is 24.3. The number of anilines is 1. The summed E-state index contributed by atoms with van der Waals surface area (Å²) >= 11 is 5.42. The summed E-state index contributed by atoms with van der Waals surface area (Å²) in [6.07, 6.45) is 2.74. The Hall–Kier alpha value is -2.56. The highest BCUT2D eigenvalue weighted by molar-refractivity contribution is 9.09. The highest BCUT2D eigenvalue weighted by Crippen LogP contribution is 2.68. The fraction of sp³-hybridized carbons (Fsp3) is 0.531. The van der Waals surface area contributed by atoms with E-state index >= 15 is 0 Å². The average Bonchev–Trinajstić information content (AvgIpc) is 3.57. The highest BCUT2D eigenvalue weighted by atomic mass is 79.9. The summed E-state index contributed by atoms with van der Waals surface area (Å²) in [4.78, 5) is 44.1. The second-order valence-electron chi connectivity index (χ2n) is 11.6. The first-order chi connectivity index (χ1) is 20.2. The summed E-state index contributed by atoms with van der Waals surface area (Å²) in [5.41, 5.74) is 1.59. The van der Waals surface area contributed by atoms with Crippen molar-refractivity contribution in [2.75, 3.05) is 18.5 Å². The number of fused-ring (bicyclic) bond motifs is 1. The molecule has 0 saturated carbocycles. The van der Waals surface area contributed by atoms with Gasteiger partial charge in [-0.2, -0.15) is 0 Å². The number of carbonyl (C=O) groups excluding carboxylic acids is 3. The predicted octanol–water partition coefficient (Wildman–Crippen LogP) is 4.40. The SMILES string of the molecule is CCCC(C)NC(=O)C1N([C@@H](CO)Cc2ccccc2)C(=O)[C@@H]2[C@H](C(=O)Nc3ccc(OCC)cc3)[C@H]3SC12CC3Br. The van der Waals surface area contributed by atoms with Gasteiger partial charge in [0.05, 0.1) is 35.8 Å². The number of carbonyl (C=O) groups is 3. The molecule has 8 atom stereocenters. The predicted molar refractivity (Wildman–Crippen MR) is 169 cm³/mol. The van der Waals surface area contributed by atoms with Crippen molar-refractivity contribution >= 4 is 51.1 Å². The van der Waals surface area contributed by atoms with Gasteiger partial charge in [0.25, 0.3) is 0 Å². The number of aliphatic hydroxyl groups excluding tert-OH is 1. The van der Waals surface area contributed by atoms with E-state index < -0.39 is 28.7 Å². The lowest BCUT2D eigenvalue weighted by Gasteiger charge is -2.38. The van der Waals surface area contributed by atoms with E-state index in [1.54, 1.807) is 40.9 Å². The Labute approximate surface area is 260 Å². The topological polar surface area (TPSA) is 108 Å². The van der Waals surface area contributed by atoms with Crippen molar-refractivity contribution in [2.24, 2.45) is 11.8 Å². The molecule has 0 radical (unpaired) electrons. The maximum absolute atomic E-state index is 14.5. The number of aliphatic hydroxyl groups is 1. The zero-order valence-corrected chi connectivity index (χ0v) is 26.7. The number of amides is 3. The van der Waals surface area contributed by atoms with Gasteiger partial charge in [0, 0.05) is 21.8 Å². The lowest BCUT2D eigenvalue weighted by molar-refractivity contribution is -0.142. The second-order valence-corrected chi connectivity index (χ2v) is 14.3. The van der Waals surface area contributed by atoms with E-state index in [0.717, 1.165) is 18.4 Å². The number of thioether (sulfide) groups is 1. The van der Waals surface area contributed by atoms with Crippen LogP contribution >= 0.6 is 27.7 Å². The quantitative estimate of drug-likeness (QED) is 0.292. The normalized spacial score (nSPS) is 29.2. The van der Waals surface area contributed by atoms with Crippen LogP contribution in [0.3, 0.4) is 0 Å². The number of hydrogen-bond donors (Lipinski definition) is 3. The highest BCUT2D eigenvalue weighted by Gasteiger charge is 2.76. The molecule has 2 aromatic rings. The van der Waals surface area contributed by atoms with Crippen LogP contribution in [0.25, 0.3) is 0 Å². The molecule has 3 N–H and O–H groups in total. The lowest BCUT2D eigenvalue weighted by atomic mass is 9.70. The molecule has 42 heavy (non-hydrogen) atoms. The van der Waals surface area contributed by atoms with Crippen LogP contribution in [0.2, 0.25) is 0 Å². The Morgan fingerprint density at radius 1 is 1.14 bits per heavy atom. The molecule has 4 unspecified atom stereocenters. The van der Waals surface area contributed by atoms with E-state index in [9.17, 15) is 19.5 Å². The van der Waals surface area contributed by atoms with Crippen molar-refractivity contribution in [1.29, 1.82) is 0 Å². The van der Waals surface area contributed by atoms with Crippen LogP contribution in [0.5, 0.6) is 5.75 Å². The fourth-order valence-corrected chi connectivity index (χ4v) is 10.7. The number of halogens is 1. The van der Waals surface area contributed by atoms with Gasteiger partial charge in [0.15, 0.2) is 0 Å². The third kappa shape index (κ3) is 5.69. The molecule has 3 saturated heterocycles. The maximum atomic E-state index is 14.5. The number of benzene rings is 2. The summed E-state index contributed by atoms with van der Waals surface area (Å²) in [5, 5.41) is 16.6. The smallest absolute Gasteiger partial charge is 0.244 e. The minimum absolute atomic E-state index is 0.0346. The van der Waals surface area contributed by atoms with Gasteiger partial charge in [-0.3, -0.25) is 14.4 Å². The number of ether oxygens (including phenoxy) is 1. The van der Waals surface area contributed by atoms with Crippen LogP contribution in [0.15, 0.2) is 54.6 Å². The van der Waals surface area contributed by atoms with Gasteiger partial charge in [0.1, 0.15) is 11.8 Å². The third-order valence-electron chi connectivity index (χ3n) is 8.74. The first kappa shape index (κ1) is 30.9. The summed E-state index contributed by atoms with van der Waals surface area (Å²) in [6.45, 7) is 6.22. The Morgan fingerprint density at radius 2 is 1.86 bits per heavy atom. The van der Waals surface area contributed by atoms with Crippen molar-refractivity contribution in [2.45, 2.75) is 79.4 Å². The Balaban J connectivity index is 1.49. The molecule has 3 heterocycles. The third-order valence-corrected chi connectivity index (χ3v) is 12.0. The van der Waals surface area contributed by atoms with Crippen LogP contribution in [0.4, 0.5) is 5.69 Å². The van der Waals surface area contributed by atoms with Crippen molar-refractivity contribution in [3.8, 4) is 5.75 Å². The summed E-state index contributed by atoms with van der Waals surface area (Å²) in [7, 11) is 0. The van der Waals surface area contributed by atoms with Gasteiger partial charge in [-0.1, -0.05) is 59.6 Å². The van der Waals surface area contributed by atoms with Gasteiger partial charge in [-0.05, 0) is 62.9 Å². The summed E-state index contributed by atoms with van der Waals surface area (Å²) in [5.74, 6) is -1.26. The van der Waals surface area contributed by atoms with Gasteiger partial charge >= 0.3 is 0 Å². The van der Waals surface area contributed by atoms with E-state index in [0.29, 0.717) is 30.9 Å². The van der Waals surface area contributed by atoms with Gasteiger partial charge < -0.3 is 25.4 Å². The van der Waals surface area contributed by atoms with E-state index in [2.05, 4.69) is 33.5 Å². The van der Waals surface area contributed by atoms with E-state index in [1.807, 2.05) is 44.2 Å². The molecule has 3 aliphatic rings. The molecule has 10 heteroatoms. The van der Waals surface area contributed by atoms with E-state index in [1.165, 1.54) is 0 Å². The molecule has 2 aromatic carbocycles. The second kappa shape index (κ2) is 13.0. The van der Waals surface area contributed by atoms with Crippen LogP contribution in [0.1, 0.15) is 45.6 Å². The average molecular weight is 659 g/mol. The molecular weight excluding hydrogens is 618 g/mol. The van der Waals surface area contributed by atoms with Crippen molar-refractivity contribution in [1.82, 2.24) is 10.2 Å². The Kier molecular flexibility index (Phi) is 9.54. The molecule has 226 valence electrons. The van der Waals surface area contributed by atoms with E-state index in [-0.39, 0.29) is 40.4 Å². The minimum Gasteiger partial charge on any atom is -0.494 e. The molecule has 0 aliphatic carbocycles. The Morgan fingerprint density at radius 3 is 2.50 bits per heavy atom. The minimum atomic E-state index is -0.798. The molecule has 5 rings (SSSR count). The van der Waals surface area contributed by atoms with Crippen molar-refractivity contribution in [3.63, 3.8) is 0 Å². The number of likely N-dealkylation sites (tertiary alicyclic amines) is 1.